The van der Waals surface area contributed by atoms with Crippen molar-refractivity contribution in [1.82, 2.24) is 9.97 Å². The van der Waals surface area contributed by atoms with Gasteiger partial charge in [0.15, 0.2) is 0 Å². The Hall–Kier alpha value is -1.94. The first kappa shape index (κ1) is 12.1. The number of hydrogen-bond acceptors (Lipinski definition) is 4. The van der Waals surface area contributed by atoms with Crippen molar-refractivity contribution in [2.45, 2.75) is 13.5 Å². The zero-order valence-electron chi connectivity index (χ0n) is 9.30. The largest absolute Gasteiger partial charge is 0.383 e. The summed E-state index contributed by atoms with van der Waals surface area (Å²) in [6, 6.07) is 9.50. The Morgan fingerprint density at radius 2 is 1.81 bits per heavy atom. The Kier molecular flexibility index (Phi) is 4.95. The number of aromatic nitrogens is 2. The number of nitrogens with two attached hydrogens (primary N) is 2. The molecule has 0 aromatic carbocycles. The fourth-order valence-electron chi connectivity index (χ4n) is 1.02. The van der Waals surface area contributed by atoms with Crippen LogP contribution < -0.4 is 11.5 Å². The van der Waals surface area contributed by atoms with E-state index in [1.54, 1.807) is 12.4 Å². The molecule has 2 rings (SSSR count). The number of pyridine rings is 2. The van der Waals surface area contributed by atoms with Crippen LogP contribution in [0.5, 0.6) is 0 Å². The van der Waals surface area contributed by atoms with E-state index in [0.717, 1.165) is 11.3 Å². The lowest BCUT2D eigenvalue weighted by molar-refractivity contribution is 0.991. The van der Waals surface area contributed by atoms with Gasteiger partial charge in [-0.15, -0.1) is 0 Å². The summed E-state index contributed by atoms with van der Waals surface area (Å²) in [6.07, 6.45) is 3.42. The average Bonchev–Trinajstić information content (AvgIpc) is 2.35. The van der Waals surface area contributed by atoms with Crippen LogP contribution in [-0.4, -0.2) is 9.97 Å². The minimum atomic E-state index is 0.529. The molecule has 0 saturated heterocycles. The molecule has 0 unspecified atom stereocenters. The third kappa shape index (κ3) is 4.06. The van der Waals surface area contributed by atoms with E-state index < -0.39 is 0 Å². The van der Waals surface area contributed by atoms with Crippen LogP contribution in [-0.2, 0) is 6.54 Å². The maximum Gasteiger partial charge on any atom is 0.126 e. The molecule has 2 heterocycles. The van der Waals surface area contributed by atoms with Crippen molar-refractivity contribution in [1.29, 1.82) is 0 Å². The lowest BCUT2D eigenvalue weighted by Crippen LogP contribution is -1.97. The second-order valence-corrected chi connectivity index (χ2v) is 3.23. The minimum Gasteiger partial charge on any atom is -0.383 e. The van der Waals surface area contributed by atoms with Crippen molar-refractivity contribution in [3.63, 3.8) is 0 Å². The smallest absolute Gasteiger partial charge is 0.126 e. The summed E-state index contributed by atoms with van der Waals surface area (Å²) in [5.74, 6) is 0.618. The van der Waals surface area contributed by atoms with Gasteiger partial charge in [0.05, 0.1) is 5.69 Å². The molecule has 0 aliphatic carbocycles. The summed E-state index contributed by atoms with van der Waals surface area (Å²) in [7, 11) is 0. The van der Waals surface area contributed by atoms with Crippen LogP contribution in [0, 0.1) is 6.92 Å². The molecule has 2 aromatic heterocycles. The lowest BCUT2D eigenvalue weighted by atomic mass is 10.3. The molecule has 0 aliphatic heterocycles. The molecule has 0 amide bonds. The molecular weight excluding hydrogens is 200 g/mol. The molecule has 4 heteroatoms. The van der Waals surface area contributed by atoms with Crippen molar-refractivity contribution in [3.05, 3.63) is 54.0 Å². The van der Waals surface area contributed by atoms with E-state index in [0.29, 0.717) is 12.4 Å². The predicted octanol–water partition coefficient (Wildman–Crippen LogP) is 1.51. The van der Waals surface area contributed by atoms with E-state index in [4.69, 9.17) is 11.5 Å². The van der Waals surface area contributed by atoms with Gasteiger partial charge in [0.25, 0.3) is 0 Å². The normalized spacial score (nSPS) is 9.12. The molecule has 2 aromatic rings. The van der Waals surface area contributed by atoms with Crippen LogP contribution in [0.1, 0.15) is 11.3 Å². The van der Waals surface area contributed by atoms with Crippen molar-refractivity contribution in [3.8, 4) is 0 Å². The van der Waals surface area contributed by atoms with Crippen molar-refractivity contribution < 1.29 is 0 Å². The van der Waals surface area contributed by atoms with Crippen LogP contribution >= 0.6 is 0 Å². The van der Waals surface area contributed by atoms with Gasteiger partial charge in [0, 0.05) is 18.9 Å². The van der Waals surface area contributed by atoms with E-state index >= 15 is 0 Å². The SMILES string of the molecule is Cc1cccnc1N.NCc1ccccn1. The van der Waals surface area contributed by atoms with Gasteiger partial charge in [-0.25, -0.2) is 4.98 Å². The predicted molar refractivity (Wildman–Crippen MR) is 65.5 cm³/mol. The monoisotopic (exact) mass is 216 g/mol. The number of anilines is 1. The van der Waals surface area contributed by atoms with Gasteiger partial charge >= 0.3 is 0 Å². The van der Waals surface area contributed by atoms with Gasteiger partial charge in [-0.1, -0.05) is 12.1 Å². The Morgan fingerprint density at radius 1 is 1.06 bits per heavy atom. The van der Waals surface area contributed by atoms with E-state index in [1.165, 1.54) is 0 Å². The first-order chi connectivity index (χ1) is 7.74. The molecule has 0 atom stereocenters. The Morgan fingerprint density at radius 3 is 2.19 bits per heavy atom. The number of hydrogen-bond donors (Lipinski definition) is 2. The molecular formula is C12H16N4. The van der Waals surface area contributed by atoms with E-state index in [2.05, 4.69) is 9.97 Å². The molecule has 84 valence electrons. The van der Waals surface area contributed by atoms with Crippen LogP contribution in [0.3, 0.4) is 0 Å². The number of nitrogens with zero attached hydrogens (tertiary/aromatic N) is 2. The van der Waals surface area contributed by atoms with Crippen LogP contribution in [0.4, 0.5) is 5.82 Å². The first-order valence-electron chi connectivity index (χ1n) is 5.01. The third-order valence-electron chi connectivity index (χ3n) is 1.99. The molecule has 0 radical (unpaired) electrons. The zero-order valence-corrected chi connectivity index (χ0v) is 9.30. The first-order valence-corrected chi connectivity index (χ1v) is 5.01. The molecule has 16 heavy (non-hydrogen) atoms. The topological polar surface area (TPSA) is 77.8 Å². The molecule has 0 aliphatic rings. The average molecular weight is 216 g/mol. The summed E-state index contributed by atoms with van der Waals surface area (Å²) >= 11 is 0. The van der Waals surface area contributed by atoms with Crippen LogP contribution in [0.25, 0.3) is 0 Å². The van der Waals surface area contributed by atoms with Gasteiger partial charge in [0.1, 0.15) is 5.82 Å². The standard InChI is InChI=1S/2C6H8N2/c1-5-3-2-4-8-6(5)7;7-5-6-3-1-2-4-8-6/h2-4H,1H3,(H2,7,8);1-4H,5,7H2. The van der Waals surface area contributed by atoms with Crippen molar-refractivity contribution in [2.24, 2.45) is 5.73 Å². The summed E-state index contributed by atoms with van der Waals surface area (Å²) in [5, 5.41) is 0. The summed E-state index contributed by atoms with van der Waals surface area (Å²) in [6.45, 7) is 2.46. The second kappa shape index (κ2) is 6.53. The third-order valence-corrected chi connectivity index (χ3v) is 1.99. The number of rotatable bonds is 1. The Bertz CT molecular complexity index is 393. The van der Waals surface area contributed by atoms with E-state index in [9.17, 15) is 0 Å². The maximum atomic E-state index is 5.41. The van der Waals surface area contributed by atoms with E-state index in [1.807, 2.05) is 37.3 Å². The Labute approximate surface area is 95.3 Å². The molecule has 0 spiro atoms. The van der Waals surface area contributed by atoms with E-state index in [-0.39, 0.29) is 0 Å². The highest BCUT2D eigenvalue weighted by molar-refractivity contribution is 5.36. The summed E-state index contributed by atoms with van der Waals surface area (Å²) in [5.41, 5.74) is 12.7. The molecule has 0 fully saturated rings. The maximum absolute atomic E-state index is 5.41. The quantitative estimate of drug-likeness (QED) is 0.757. The highest BCUT2D eigenvalue weighted by Gasteiger charge is 1.86. The number of nitrogen functional groups attached to an aromatic ring is 1. The highest BCUT2D eigenvalue weighted by Crippen LogP contribution is 2.01. The highest BCUT2D eigenvalue weighted by atomic mass is 14.8. The van der Waals surface area contributed by atoms with Crippen molar-refractivity contribution >= 4 is 5.82 Å². The minimum absolute atomic E-state index is 0.529. The Balaban J connectivity index is 0.000000160. The van der Waals surface area contributed by atoms with Gasteiger partial charge < -0.3 is 11.5 Å². The van der Waals surface area contributed by atoms with Gasteiger partial charge in [-0.3, -0.25) is 4.98 Å². The molecule has 0 saturated carbocycles. The van der Waals surface area contributed by atoms with Gasteiger partial charge in [-0.2, -0.15) is 0 Å². The summed E-state index contributed by atoms with van der Waals surface area (Å²) < 4.78 is 0. The molecule has 0 bridgehead atoms. The molecule has 4 N–H and O–H groups in total. The molecule has 4 nitrogen and oxygen atoms in total. The summed E-state index contributed by atoms with van der Waals surface area (Å²) in [4.78, 5) is 7.83. The van der Waals surface area contributed by atoms with Gasteiger partial charge in [0.2, 0.25) is 0 Å². The van der Waals surface area contributed by atoms with Crippen molar-refractivity contribution in [2.75, 3.05) is 5.73 Å². The van der Waals surface area contributed by atoms with Crippen LogP contribution in [0.15, 0.2) is 42.7 Å². The second-order valence-electron chi connectivity index (χ2n) is 3.23. The zero-order chi connectivity index (χ0) is 11.8. The fourth-order valence-corrected chi connectivity index (χ4v) is 1.02. The fraction of sp³-hybridized carbons (Fsp3) is 0.167. The van der Waals surface area contributed by atoms with Gasteiger partial charge in [-0.05, 0) is 30.7 Å². The lowest BCUT2D eigenvalue weighted by Gasteiger charge is -1.92. The van der Waals surface area contributed by atoms with Crippen LogP contribution in [0.2, 0.25) is 0 Å². The number of aryl methyl sites for hydroxylation is 1.